The first-order valence-corrected chi connectivity index (χ1v) is 7.61. The summed E-state index contributed by atoms with van der Waals surface area (Å²) >= 11 is 0. The zero-order chi connectivity index (χ0) is 12.8. The van der Waals surface area contributed by atoms with Crippen molar-refractivity contribution in [3.8, 4) is 0 Å². The quantitative estimate of drug-likeness (QED) is 0.838. The van der Waals surface area contributed by atoms with Crippen LogP contribution in [0.4, 0.5) is 0 Å². The van der Waals surface area contributed by atoms with Crippen molar-refractivity contribution < 1.29 is 9.90 Å². The van der Waals surface area contributed by atoms with Gasteiger partial charge in [-0.05, 0) is 63.8 Å². The number of aliphatic carboxylic acids is 1. The topological polar surface area (TPSA) is 40.5 Å². The molecule has 3 fully saturated rings. The lowest BCUT2D eigenvalue weighted by atomic mass is 9.81. The summed E-state index contributed by atoms with van der Waals surface area (Å²) in [5.41, 5.74) is -0.587. The summed E-state index contributed by atoms with van der Waals surface area (Å²) in [7, 11) is 0. The highest BCUT2D eigenvalue weighted by Crippen LogP contribution is 2.46. The van der Waals surface area contributed by atoms with Crippen molar-refractivity contribution in [2.75, 3.05) is 6.54 Å². The van der Waals surface area contributed by atoms with Crippen LogP contribution in [0.5, 0.6) is 0 Å². The van der Waals surface area contributed by atoms with Gasteiger partial charge in [-0.3, -0.25) is 9.69 Å². The Bertz CT molecular complexity index is 339. The third-order valence-corrected chi connectivity index (χ3v) is 5.57. The van der Waals surface area contributed by atoms with Crippen molar-refractivity contribution in [2.45, 2.75) is 69.9 Å². The summed E-state index contributed by atoms with van der Waals surface area (Å²) in [6.45, 7) is 2.92. The van der Waals surface area contributed by atoms with Crippen LogP contribution >= 0.6 is 0 Å². The molecule has 18 heavy (non-hydrogen) atoms. The van der Waals surface area contributed by atoms with Crippen LogP contribution in [0.3, 0.4) is 0 Å². The number of likely N-dealkylation sites (tertiary alicyclic amines) is 1. The van der Waals surface area contributed by atoms with E-state index in [4.69, 9.17) is 0 Å². The van der Waals surface area contributed by atoms with Crippen LogP contribution in [0.25, 0.3) is 0 Å². The average molecular weight is 251 g/mol. The highest BCUT2D eigenvalue weighted by molar-refractivity contribution is 5.78. The van der Waals surface area contributed by atoms with Gasteiger partial charge in [0.2, 0.25) is 0 Å². The van der Waals surface area contributed by atoms with Crippen molar-refractivity contribution in [3.63, 3.8) is 0 Å². The standard InChI is InChI=1S/C15H25NO2/c1-15(14(17)18)8-3-9-16(15)13-5-2-4-12(10-13)11-6-7-11/h11-13H,2-10H2,1H3,(H,17,18). The van der Waals surface area contributed by atoms with Gasteiger partial charge in [-0.1, -0.05) is 12.8 Å². The van der Waals surface area contributed by atoms with Crippen molar-refractivity contribution in [3.05, 3.63) is 0 Å². The van der Waals surface area contributed by atoms with E-state index in [2.05, 4.69) is 4.90 Å². The third-order valence-electron chi connectivity index (χ3n) is 5.57. The number of rotatable bonds is 3. The molecule has 0 bridgehead atoms. The molecule has 102 valence electrons. The first-order chi connectivity index (χ1) is 8.61. The Labute approximate surface area is 110 Å². The largest absolute Gasteiger partial charge is 0.480 e. The molecule has 0 amide bonds. The molecule has 3 atom stereocenters. The van der Waals surface area contributed by atoms with Gasteiger partial charge in [0.15, 0.2) is 0 Å². The van der Waals surface area contributed by atoms with Crippen LogP contribution in [0.15, 0.2) is 0 Å². The predicted molar refractivity (Wildman–Crippen MR) is 70.5 cm³/mol. The van der Waals surface area contributed by atoms with Crippen LogP contribution in [-0.2, 0) is 4.79 Å². The molecule has 3 aliphatic rings. The maximum Gasteiger partial charge on any atom is 0.323 e. The molecule has 0 aromatic carbocycles. The third kappa shape index (κ3) is 2.07. The number of carbonyl (C=O) groups is 1. The van der Waals surface area contributed by atoms with Crippen LogP contribution in [0.1, 0.15) is 58.3 Å². The lowest BCUT2D eigenvalue weighted by molar-refractivity contribution is -0.150. The summed E-state index contributed by atoms with van der Waals surface area (Å²) in [5.74, 6) is 1.25. The first kappa shape index (κ1) is 12.5. The second kappa shape index (κ2) is 4.52. The summed E-state index contributed by atoms with van der Waals surface area (Å²) < 4.78 is 0. The van der Waals surface area contributed by atoms with Crippen LogP contribution < -0.4 is 0 Å². The Kier molecular flexibility index (Phi) is 3.13. The Morgan fingerprint density at radius 3 is 2.61 bits per heavy atom. The second-order valence-electron chi connectivity index (χ2n) is 6.79. The van der Waals surface area contributed by atoms with Crippen molar-refractivity contribution in [2.24, 2.45) is 11.8 Å². The smallest absolute Gasteiger partial charge is 0.323 e. The van der Waals surface area contributed by atoms with Gasteiger partial charge in [0.25, 0.3) is 0 Å². The zero-order valence-corrected chi connectivity index (χ0v) is 11.4. The van der Waals surface area contributed by atoms with E-state index in [1.807, 2.05) is 6.92 Å². The second-order valence-corrected chi connectivity index (χ2v) is 6.79. The fraction of sp³-hybridized carbons (Fsp3) is 0.933. The van der Waals surface area contributed by atoms with Crippen molar-refractivity contribution in [1.82, 2.24) is 4.90 Å². The molecule has 3 unspecified atom stereocenters. The molecular weight excluding hydrogens is 226 g/mol. The first-order valence-electron chi connectivity index (χ1n) is 7.61. The molecule has 1 N–H and O–H groups in total. The van der Waals surface area contributed by atoms with E-state index in [-0.39, 0.29) is 0 Å². The van der Waals surface area contributed by atoms with Crippen LogP contribution in [0.2, 0.25) is 0 Å². The molecule has 1 heterocycles. The van der Waals surface area contributed by atoms with Gasteiger partial charge in [0.05, 0.1) is 0 Å². The SMILES string of the molecule is CC1(C(=O)O)CCCN1C1CCCC(C2CC2)C1. The Balaban J connectivity index is 1.71. The Morgan fingerprint density at radius 2 is 1.94 bits per heavy atom. The molecule has 3 heteroatoms. The van der Waals surface area contributed by atoms with Gasteiger partial charge in [0, 0.05) is 6.04 Å². The maximum absolute atomic E-state index is 11.6. The van der Waals surface area contributed by atoms with Gasteiger partial charge in [0.1, 0.15) is 5.54 Å². The lowest BCUT2D eigenvalue weighted by Gasteiger charge is -2.42. The fourth-order valence-electron chi connectivity index (χ4n) is 4.28. The Morgan fingerprint density at radius 1 is 1.17 bits per heavy atom. The molecule has 0 radical (unpaired) electrons. The lowest BCUT2D eigenvalue weighted by Crippen LogP contribution is -2.53. The van der Waals surface area contributed by atoms with Gasteiger partial charge < -0.3 is 5.11 Å². The van der Waals surface area contributed by atoms with Crippen molar-refractivity contribution >= 4 is 5.97 Å². The molecule has 1 aliphatic heterocycles. The van der Waals surface area contributed by atoms with E-state index in [9.17, 15) is 9.90 Å². The zero-order valence-electron chi connectivity index (χ0n) is 11.4. The molecule has 1 saturated heterocycles. The average Bonchev–Trinajstić information content (AvgIpc) is 3.13. The van der Waals surface area contributed by atoms with E-state index in [1.165, 1.54) is 38.5 Å². The van der Waals surface area contributed by atoms with Gasteiger partial charge in [-0.25, -0.2) is 0 Å². The summed E-state index contributed by atoms with van der Waals surface area (Å²) in [5, 5.41) is 9.52. The predicted octanol–water partition coefficient (Wildman–Crippen LogP) is 2.89. The highest BCUT2D eigenvalue weighted by atomic mass is 16.4. The van der Waals surface area contributed by atoms with Crippen LogP contribution in [0, 0.1) is 11.8 Å². The summed E-state index contributed by atoms with van der Waals surface area (Å²) in [6, 6.07) is 0.535. The van der Waals surface area contributed by atoms with E-state index < -0.39 is 11.5 Å². The fourth-order valence-corrected chi connectivity index (χ4v) is 4.28. The molecule has 3 nitrogen and oxygen atoms in total. The normalized spacial score (nSPS) is 42.1. The maximum atomic E-state index is 11.6. The minimum Gasteiger partial charge on any atom is -0.480 e. The number of carboxylic acid groups (broad SMARTS) is 1. The van der Waals surface area contributed by atoms with Gasteiger partial charge >= 0.3 is 5.97 Å². The number of hydrogen-bond donors (Lipinski definition) is 1. The van der Waals surface area contributed by atoms with Gasteiger partial charge in [-0.15, -0.1) is 0 Å². The Hall–Kier alpha value is -0.570. The molecule has 0 spiro atoms. The molecule has 2 aliphatic carbocycles. The number of nitrogens with zero attached hydrogens (tertiary/aromatic N) is 1. The van der Waals surface area contributed by atoms with E-state index in [1.54, 1.807) is 0 Å². The number of hydrogen-bond acceptors (Lipinski definition) is 2. The van der Waals surface area contributed by atoms with Gasteiger partial charge in [-0.2, -0.15) is 0 Å². The summed E-state index contributed by atoms with van der Waals surface area (Å²) in [4.78, 5) is 13.9. The summed E-state index contributed by atoms with van der Waals surface area (Å²) in [6.07, 6.45) is 9.89. The van der Waals surface area contributed by atoms with E-state index >= 15 is 0 Å². The monoisotopic (exact) mass is 251 g/mol. The highest BCUT2D eigenvalue weighted by Gasteiger charge is 2.48. The van der Waals surface area contributed by atoms with Crippen molar-refractivity contribution in [1.29, 1.82) is 0 Å². The molecular formula is C15H25NO2. The molecule has 0 aromatic rings. The molecule has 3 rings (SSSR count). The minimum atomic E-state index is -0.617. The molecule has 2 saturated carbocycles. The van der Waals surface area contributed by atoms with E-state index in [0.717, 1.165) is 31.2 Å². The van der Waals surface area contributed by atoms with Crippen LogP contribution in [-0.4, -0.2) is 34.1 Å². The number of carboxylic acids is 1. The van der Waals surface area contributed by atoms with E-state index in [0.29, 0.717) is 6.04 Å². The molecule has 0 aromatic heterocycles. The minimum absolute atomic E-state index is 0.535.